The van der Waals surface area contributed by atoms with Gasteiger partial charge < -0.3 is 16.8 Å². The SMILES string of the molecule is Cc1ccc(CCNCC(N)CN)cc1. The van der Waals surface area contributed by atoms with Gasteiger partial charge in [0.25, 0.3) is 0 Å². The molecular weight excluding hydrogens is 186 g/mol. The van der Waals surface area contributed by atoms with E-state index in [-0.39, 0.29) is 6.04 Å². The van der Waals surface area contributed by atoms with Crippen molar-refractivity contribution in [2.75, 3.05) is 19.6 Å². The highest BCUT2D eigenvalue weighted by Gasteiger charge is 1.97. The van der Waals surface area contributed by atoms with Crippen LogP contribution >= 0.6 is 0 Å². The molecule has 0 amide bonds. The molecule has 1 aromatic rings. The molecule has 1 unspecified atom stereocenters. The molecule has 15 heavy (non-hydrogen) atoms. The van der Waals surface area contributed by atoms with E-state index >= 15 is 0 Å². The molecule has 0 fully saturated rings. The van der Waals surface area contributed by atoms with Crippen molar-refractivity contribution in [3.63, 3.8) is 0 Å². The first-order valence-electron chi connectivity index (χ1n) is 5.44. The van der Waals surface area contributed by atoms with Crippen molar-refractivity contribution in [1.82, 2.24) is 5.32 Å². The van der Waals surface area contributed by atoms with E-state index in [1.807, 2.05) is 0 Å². The van der Waals surface area contributed by atoms with Crippen LogP contribution in [-0.2, 0) is 6.42 Å². The first-order valence-corrected chi connectivity index (χ1v) is 5.44. The fraction of sp³-hybridized carbons (Fsp3) is 0.500. The number of aryl methyl sites for hydroxylation is 1. The molecule has 3 nitrogen and oxygen atoms in total. The van der Waals surface area contributed by atoms with E-state index in [1.165, 1.54) is 11.1 Å². The maximum Gasteiger partial charge on any atom is 0.0290 e. The van der Waals surface area contributed by atoms with Crippen LogP contribution in [-0.4, -0.2) is 25.7 Å². The Morgan fingerprint density at radius 1 is 1.27 bits per heavy atom. The summed E-state index contributed by atoms with van der Waals surface area (Å²) in [6.45, 7) is 4.39. The van der Waals surface area contributed by atoms with Gasteiger partial charge >= 0.3 is 0 Å². The normalized spacial score (nSPS) is 12.7. The van der Waals surface area contributed by atoms with Crippen LogP contribution in [0.1, 0.15) is 11.1 Å². The lowest BCUT2D eigenvalue weighted by Gasteiger charge is -2.09. The molecule has 0 saturated heterocycles. The van der Waals surface area contributed by atoms with E-state index in [0.29, 0.717) is 6.54 Å². The van der Waals surface area contributed by atoms with Gasteiger partial charge in [-0.2, -0.15) is 0 Å². The van der Waals surface area contributed by atoms with Gasteiger partial charge in [0, 0.05) is 19.1 Å². The zero-order valence-corrected chi connectivity index (χ0v) is 9.37. The second-order valence-electron chi connectivity index (χ2n) is 3.94. The molecule has 1 atom stereocenters. The molecule has 0 aromatic heterocycles. The van der Waals surface area contributed by atoms with Gasteiger partial charge in [-0.25, -0.2) is 0 Å². The average molecular weight is 207 g/mol. The van der Waals surface area contributed by atoms with Crippen LogP contribution in [0.2, 0.25) is 0 Å². The largest absolute Gasteiger partial charge is 0.329 e. The average Bonchev–Trinajstić information content (AvgIpc) is 2.26. The van der Waals surface area contributed by atoms with Crippen LogP contribution in [0.15, 0.2) is 24.3 Å². The Balaban J connectivity index is 2.17. The van der Waals surface area contributed by atoms with Crippen LogP contribution < -0.4 is 16.8 Å². The maximum atomic E-state index is 5.68. The highest BCUT2D eigenvalue weighted by molar-refractivity contribution is 5.21. The molecule has 0 heterocycles. The molecule has 1 aromatic carbocycles. The van der Waals surface area contributed by atoms with Gasteiger partial charge in [-0.1, -0.05) is 29.8 Å². The molecule has 0 aliphatic heterocycles. The highest BCUT2D eigenvalue weighted by atomic mass is 14.9. The molecule has 0 bridgehead atoms. The van der Waals surface area contributed by atoms with Crippen molar-refractivity contribution in [3.8, 4) is 0 Å². The van der Waals surface area contributed by atoms with E-state index in [0.717, 1.165) is 19.5 Å². The Morgan fingerprint density at radius 3 is 2.53 bits per heavy atom. The van der Waals surface area contributed by atoms with E-state index < -0.39 is 0 Å². The predicted molar refractivity (Wildman–Crippen MR) is 64.8 cm³/mol. The summed E-state index contributed by atoms with van der Waals surface area (Å²) in [7, 11) is 0. The first-order chi connectivity index (χ1) is 7.22. The zero-order chi connectivity index (χ0) is 11.1. The molecule has 3 heteroatoms. The second kappa shape index (κ2) is 6.56. The minimum atomic E-state index is 0.0722. The van der Waals surface area contributed by atoms with Gasteiger partial charge in [-0.05, 0) is 25.5 Å². The molecule has 0 aliphatic carbocycles. The number of nitrogens with two attached hydrogens (primary N) is 2. The quantitative estimate of drug-likeness (QED) is 0.592. The summed E-state index contributed by atoms with van der Waals surface area (Å²) < 4.78 is 0. The minimum Gasteiger partial charge on any atom is -0.329 e. The van der Waals surface area contributed by atoms with Crippen molar-refractivity contribution < 1.29 is 0 Å². The van der Waals surface area contributed by atoms with Crippen LogP contribution in [0.5, 0.6) is 0 Å². The molecular formula is C12H21N3. The Morgan fingerprint density at radius 2 is 1.93 bits per heavy atom. The van der Waals surface area contributed by atoms with Gasteiger partial charge in [-0.15, -0.1) is 0 Å². The lowest BCUT2D eigenvalue weighted by Crippen LogP contribution is -2.40. The van der Waals surface area contributed by atoms with E-state index in [9.17, 15) is 0 Å². The topological polar surface area (TPSA) is 64.1 Å². The number of nitrogens with one attached hydrogen (secondary N) is 1. The Bertz CT molecular complexity index is 269. The molecule has 0 saturated carbocycles. The summed E-state index contributed by atoms with van der Waals surface area (Å²) in [5.74, 6) is 0. The van der Waals surface area contributed by atoms with Gasteiger partial charge in [0.05, 0.1) is 0 Å². The third-order valence-electron chi connectivity index (χ3n) is 2.42. The Labute approximate surface area is 91.9 Å². The fourth-order valence-corrected chi connectivity index (χ4v) is 1.36. The Kier molecular flexibility index (Phi) is 5.32. The van der Waals surface area contributed by atoms with Gasteiger partial charge in [0.2, 0.25) is 0 Å². The first kappa shape index (κ1) is 12.2. The standard InChI is InChI=1S/C12H21N3/c1-10-2-4-11(5-3-10)6-7-15-9-12(14)8-13/h2-5,12,15H,6-9,13-14H2,1H3. The van der Waals surface area contributed by atoms with Crippen LogP contribution in [0.4, 0.5) is 0 Å². The molecule has 1 rings (SSSR count). The van der Waals surface area contributed by atoms with Gasteiger partial charge in [0.1, 0.15) is 0 Å². The lowest BCUT2D eigenvalue weighted by atomic mass is 10.1. The molecule has 0 spiro atoms. The van der Waals surface area contributed by atoms with E-state index in [4.69, 9.17) is 11.5 Å². The van der Waals surface area contributed by atoms with Gasteiger partial charge in [-0.3, -0.25) is 0 Å². The number of benzene rings is 1. The summed E-state index contributed by atoms with van der Waals surface area (Å²) in [4.78, 5) is 0. The molecule has 0 aliphatic rings. The number of rotatable bonds is 6. The monoisotopic (exact) mass is 207 g/mol. The maximum absolute atomic E-state index is 5.68. The predicted octanol–water partition coefficient (Wildman–Crippen LogP) is 0.413. The Hall–Kier alpha value is -0.900. The summed E-state index contributed by atoms with van der Waals surface area (Å²) in [6.07, 6.45) is 1.04. The lowest BCUT2D eigenvalue weighted by molar-refractivity contribution is 0.583. The smallest absolute Gasteiger partial charge is 0.0290 e. The summed E-state index contributed by atoms with van der Waals surface area (Å²) in [5, 5.41) is 3.29. The summed E-state index contributed by atoms with van der Waals surface area (Å²) in [5.41, 5.74) is 13.8. The third kappa shape index (κ3) is 4.93. The van der Waals surface area contributed by atoms with Crippen LogP contribution in [0.3, 0.4) is 0 Å². The van der Waals surface area contributed by atoms with Crippen LogP contribution in [0.25, 0.3) is 0 Å². The van der Waals surface area contributed by atoms with Crippen LogP contribution in [0, 0.1) is 6.92 Å². The number of hydrogen-bond acceptors (Lipinski definition) is 3. The molecule has 84 valence electrons. The van der Waals surface area contributed by atoms with E-state index in [1.54, 1.807) is 0 Å². The number of hydrogen-bond donors (Lipinski definition) is 3. The third-order valence-corrected chi connectivity index (χ3v) is 2.42. The van der Waals surface area contributed by atoms with Gasteiger partial charge in [0.15, 0.2) is 0 Å². The zero-order valence-electron chi connectivity index (χ0n) is 9.37. The summed E-state index contributed by atoms with van der Waals surface area (Å²) in [6, 6.07) is 8.68. The fourth-order valence-electron chi connectivity index (χ4n) is 1.36. The van der Waals surface area contributed by atoms with Crippen molar-refractivity contribution in [2.45, 2.75) is 19.4 Å². The molecule has 5 N–H and O–H groups in total. The summed E-state index contributed by atoms with van der Waals surface area (Å²) >= 11 is 0. The van der Waals surface area contributed by atoms with Crippen molar-refractivity contribution in [1.29, 1.82) is 0 Å². The van der Waals surface area contributed by atoms with Crippen molar-refractivity contribution in [3.05, 3.63) is 35.4 Å². The molecule has 0 radical (unpaired) electrons. The van der Waals surface area contributed by atoms with Crippen molar-refractivity contribution >= 4 is 0 Å². The van der Waals surface area contributed by atoms with Crippen molar-refractivity contribution in [2.24, 2.45) is 11.5 Å². The minimum absolute atomic E-state index is 0.0722. The van der Waals surface area contributed by atoms with E-state index in [2.05, 4.69) is 36.5 Å². The second-order valence-corrected chi connectivity index (χ2v) is 3.94. The highest BCUT2D eigenvalue weighted by Crippen LogP contribution is 2.02.